The van der Waals surface area contributed by atoms with Crippen molar-refractivity contribution < 1.29 is 27.5 Å². The van der Waals surface area contributed by atoms with Crippen LogP contribution in [0.2, 0.25) is 0 Å². The van der Waals surface area contributed by atoms with Gasteiger partial charge < -0.3 is 14.8 Å². The lowest BCUT2D eigenvalue weighted by Gasteiger charge is -2.32. The Hall–Kier alpha value is -2.91. The van der Waals surface area contributed by atoms with Crippen LogP contribution in [0.15, 0.2) is 47.4 Å². The summed E-state index contributed by atoms with van der Waals surface area (Å²) in [5.74, 6) is -1.09. The minimum Gasteiger partial charge on any atom is -0.495 e. The van der Waals surface area contributed by atoms with E-state index in [1.807, 2.05) is 45.0 Å². The van der Waals surface area contributed by atoms with E-state index >= 15 is 0 Å². The Labute approximate surface area is 201 Å². The fourth-order valence-corrected chi connectivity index (χ4v) is 6.09. The molecule has 0 aliphatic carbocycles. The molecular formula is C25H32N2O6S. The maximum Gasteiger partial charge on any atom is 0.338 e. The van der Waals surface area contributed by atoms with E-state index in [0.717, 1.165) is 30.4 Å². The molecule has 1 saturated heterocycles. The Kier molecular flexibility index (Phi) is 8.33. The van der Waals surface area contributed by atoms with E-state index in [1.165, 1.54) is 29.6 Å². The number of piperidine rings is 1. The number of benzene rings is 2. The van der Waals surface area contributed by atoms with Crippen LogP contribution in [0.3, 0.4) is 0 Å². The molecule has 1 amide bonds. The van der Waals surface area contributed by atoms with Gasteiger partial charge in [-0.25, -0.2) is 13.2 Å². The van der Waals surface area contributed by atoms with Gasteiger partial charge in [0.15, 0.2) is 6.61 Å². The first kappa shape index (κ1) is 25.7. The van der Waals surface area contributed by atoms with E-state index in [1.54, 1.807) is 0 Å². The van der Waals surface area contributed by atoms with Crippen LogP contribution >= 0.6 is 0 Å². The molecule has 0 radical (unpaired) electrons. The van der Waals surface area contributed by atoms with Crippen LogP contribution in [-0.2, 0) is 19.6 Å². The van der Waals surface area contributed by atoms with Crippen LogP contribution in [0.1, 0.15) is 60.6 Å². The number of carbonyl (C=O) groups excluding carboxylic acids is 2. The fraction of sp³-hybridized carbons (Fsp3) is 0.440. The lowest BCUT2D eigenvalue weighted by molar-refractivity contribution is -0.124. The van der Waals surface area contributed by atoms with Gasteiger partial charge in [0, 0.05) is 12.6 Å². The zero-order valence-corrected chi connectivity index (χ0v) is 20.9. The summed E-state index contributed by atoms with van der Waals surface area (Å²) in [5.41, 5.74) is 2.05. The number of methoxy groups -OCH3 is 1. The molecule has 1 aliphatic heterocycles. The first-order valence-electron chi connectivity index (χ1n) is 11.4. The number of nitrogens with zero attached hydrogens (tertiary/aromatic N) is 1. The predicted octanol–water partition coefficient (Wildman–Crippen LogP) is 3.60. The van der Waals surface area contributed by atoms with Crippen LogP contribution in [0.25, 0.3) is 0 Å². The molecule has 1 N–H and O–H groups in total. The lowest BCUT2D eigenvalue weighted by Crippen LogP contribution is -2.42. The standard InChI is InChI=1S/C25H32N2O6S/c1-17-9-5-6-11-21(17)19(3)26-24(28)16-33-25(29)20-12-13-22(32-4)23(15-20)34(30,31)27-14-8-7-10-18(27)2/h5-6,9,11-13,15,18-19H,7-8,10,14,16H2,1-4H3,(H,26,28). The van der Waals surface area contributed by atoms with Crippen molar-refractivity contribution in [1.29, 1.82) is 0 Å². The highest BCUT2D eigenvalue weighted by Crippen LogP contribution is 2.31. The molecular weight excluding hydrogens is 456 g/mol. The topological polar surface area (TPSA) is 102 Å². The van der Waals surface area contributed by atoms with E-state index in [2.05, 4.69) is 5.32 Å². The zero-order valence-electron chi connectivity index (χ0n) is 20.0. The van der Waals surface area contributed by atoms with Crippen molar-refractivity contribution in [2.45, 2.75) is 57.0 Å². The molecule has 0 aromatic heterocycles. The normalized spacial score (nSPS) is 17.6. The van der Waals surface area contributed by atoms with Crippen molar-refractivity contribution in [1.82, 2.24) is 9.62 Å². The molecule has 3 rings (SSSR count). The van der Waals surface area contributed by atoms with Gasteiger partial charge in [-0.1, -0.05) is 30.7 Å². The minimum atomic E-state index is -3.87. The number of hydrogen-bond acceptors (Lipinski definition) is 6. The summed E-state index contributed by atoms with van der Waals surface area (Å²) in [6, 6.07) is 11.4. The summed E-state index contributed by atoms with van der Waals surface area (Å²) in [7, 11) is -2.49. The Bertz CT molecular complexity index is 1150. The molecule has 0 bridgehead atoms. The quantitative estimate of drug-likeness (QED) is 0.570. The average molecular weight is 489 g/mol. The molecule has 2 atom stereocenters. The van der Waals surface area contributed by atoms with Crippen LogP contribution in [0, 0.1) is 6.92 Å². The van der Waals surface area contributed by atoms with Crippen LogP contribution in [-0.4, -0.2) is 50.9 Å². The molecule has 0 spiro atoms. The molecule has 8 nitrogen and oxygen atoms in total. The van der Waals surface area contributed by atoms with Crippen molar-refractivity contribution in [3.63, 3.8) is 0 Å². The molecule has 184 valence electrons. The van der Waals surface area contributed by atoms with Crippen molar-refractivity contribution in [3.8, 4) is 5.75 Å². The van der Waals surface area contributed by atoms with E-state index in [4.69, 9.17) is 9.47 Å². The van der Waals surface area contributed by atoms with Gasteiger partial charge in [0.2, 0.25) is 10.0 Å². The Morgan fingerprint density at radius 2 is 1.91 bits per heavy atom. The van der Waals surface area contributed by atoms with Gasteiger partial charge in [0.05, 0.1) is 18.7 Å². The number of nitrogens with one attached hydrogen (secondary N) is 1. The highest BCUT2D eigenvalue weighted by molar-refractivity contribution is 7.89. The molecule has 34 heavy (non-hydrogen) atoms. The lowest BCUT2D eigenvalue weighted by atomic mass is 10.0. The second-order valence-corrected chi connectivity index (χ2v) is 10.4. The number of ether oxygens (including phenoxy) is 2. The Balaban J connectivity index is 1.70. The summed E-state index contributed by atoms with van der Waals surface area (Å²) in [6.07, 6.45) is 2.53. The Morgan fingerprint density at radius 1 is 1.18 bits per heavy atom. The third-order valence-corrected chi connectivity index (χ3v) is 8.13. The first-order chi connectivity index (χ1) is 16.1. The molecule has 2 unspecified atom stereocenters. The molecule has 1 aliphatic rings. The third-order valence-electron chi connectivity index (χ3n) is 6.09. The number of carbonyl (C=O) groups is 2. The highest BCUT2D eigenvalue weighted by atomic mass is 32.2. The number of aryl methyl sites for hydroxylation is 1. The second-order valence-electron chi connectivity index (χ2n) is 8.55. The third kappa shape index (κ3) is 5.77. The molecule has 2 aromatic carbocycles. The molecule has 9 heteroatoms. The summed E-state index contributed by atoms with van der Waals surface area (Å²) >= 11 is 0. The summed E-state index contributed by atoms with van der Waals surface area (Å²) in [6.45, 7) is 5.62. The van der Waals surface area contributed by atoms with Gasteiger partial charge in [0.1, 0.15) is 10.6 Å². The highest BCUT2D eigenvalue weighted by Gasteiger charge is 2.33. The van der Waals surface area contributed by atoms with E-state index in [9.17, 15) is 18.0 Å². The predicted molar refractivity (Wildman–Crippen MR) is 128 cm³/mol. The fourth-order valence-electron chi connectivity index (χ4n) is 4.21. The summed E-state index contributed by atoms with van der Waals surface area (Å²) < 4.78 is 38.5. The van der Waals surface area contributed by atoms with Gasteiger partial charge in [-0.3, -0.25) is 4.79 Å². The monoisotopic (exact) mass is 488 g/mol. The van der Waals surface area contributed by atoms with Crippen molar-refractivity contribution in [3.05, 3.63) is 59.2 Å². The number of hydrogen-bond donors (Lipinski definition) is 1. The second kappa shape index (κ2) is 11.0. The molecule has 1 heterocycles. The number of esters is 1. The van der Waals surface area contributed by atoms with Gasteiger partial charge in [-0.15, -0.1) is 0 Å². The van der Waals surface area contributed by atoms with Crippen LogP contribution < -0.4 is 10.1 Å². The van der Waals surface area contributed by atoms with Crippen molar-refractivity contribution in [2.75, 3.05) is 20.3 Å². The number of amides is 1. The SMILES string of the molecule is COc1ccc(C(=O)OCC(=O)NC(C)c2ccccc2C)cc1S(=O)(=O)N1CCCCC1C. The minimum absolute atomic E-state index is 0.0313. The van der Waals surface area contributed by atoms with Gasteiger partial charge >= 0.3 is 5.97 Å². The van der Waals surface area contributed by atoms with Crippen LogP contribution in [0.5, 0.6) is 5.75 Å². The summed E-state index contributed by atoms with van der Waals surface area (Å²) in [5, 5.41) is 2.81. The van der Waals surface area contributed by atoms with Gasteiger partial charge in [0.25, 0.3) is 5.91 Å². The largest absolute Gasteiger partial charge is 0.495 e. The first-order valence-corrected chi connectivity index (χ1v) is 12.8. The zero-order chi connectivity index (χ0) is 24.9. The smallest absolute Gasteiger partial charge is 0.338 e. The van der Waals surface area contributed by atoms with E-state index in [-0.39, 0.29) is 28.3 Å². The van der Waals surface area contributed by atoms with Crippen molar-refractivity contribution in [2.24, 2.45) is 0 Å². The van der Waals surface area contributed by atoms with E-state index < -0.39 is 28.5 Å². The molecule has 1 fully saturated rings. The summed E-state index contributed by atoms with van der Waals surface area (Å²) in [4.78, 5) is 24.9. The molecule has 0 saturated carbocycles. The average Bonchev–Trinajstić information content (AvgIpc) is 2.82. The van der Waals surface area contributed by atoms with Gasteiger partial charge in [-0.05, 0) is 62.9 Å². The van der Waals surface area contributed by atoms with Crippen molar-refractivity contribution >= 4 is 21.9 Å². The maximum absolute atomic E-state index is 13.3. The number of rotatable bonds is 8. The van der Waals surface area contributed by atoms with Crippen LogP contribution in [0.4, 0.5) is 0 Å². The van der Waals surface area contributed by atoms with E-state index in [0.29, 0.717) is 6.54 Å². The molecule has 2 aromatic rings. The van der Waals surface area contributed by atoms with Gasteiger partial charge in [-0.2, -0.15) is 4.31 Å². The number of sulfonamides is 1. The maximum atomic E-state index is 13.3. The Morgan fingerprint density at radius 3 is 2.59 bits per heavy atom.